The summed E-state index contributed by atoms with van der Waals surface area (Å²) < 4.78 is 33.7. The standard InChI is InChI=1S/C11H16N2O4S/c12-18(14,15)11-4-2-1-3-10(11)17-8-9-7-13-5-6-16-9/h1-4,9,13H,5-8H2,(H2,12,14,15). The van der Waals surface area contributed by atoms with Crippen molar-refractivity contribution in [3.63, 3.8) is 0 Å². The van der Waals surface area contributed by atoms with Gasteiger partial charge in [0.15, 0.2) is 0 Å². The van der Waals surface area contributed by atoms with Crippen LogP contribution in [-0.4, -0.2) is 40.8 Å². The maximum absolute atomic E-state index is 11.4. The Morgan fingerprint density at radius 2 is 2.22 bits per heavy atom. The molecule has 1 aromatic carbocycles. The summed E-state index contributed by atoms with van der Waals surface area (Å²) in [5.41, 5.74) is 0. The molecule has 1 aliphatic rings. The van der Waals surface area contributed by atoms with E-state index in [0.717, 1.165) is 6.54 Å². The Hall–Kier alpha value is -1.15. The molecule has 7 heteroatoms. The maximum Gasteiger partial charge on any atom is 0.241 e. The van der Waals surface area contributed by atoms with E-state index in [4.69, 9.17) is 14.6 Å². The molecule has 1 atom stereocenters. The zero-order valence-electron chi connectivity index (χ0n) is 9.83. The van der Waals surface area contributed by atoms with Gasteiger partial charge in [0.1, 0.15) is 23.4 Å². The minimum atomic E-state index is -3.77. The minimum Gasteiger partial charge on any atom is -0.489 e. The number of benzene rings is 1. The summed E-state index contributed by atoms with van der Waals surface area (Å²) in [5.74, 6) is 0.258. The Morgan fingerprint density at radius 3 is 2.89 bits per heavy atom. The number of hydrogen-bond donors (Lipinski definition) is 2. The van der Waals surface area contributed by atoms with Gasteiger partial charge in [0.2, 0.25) is 10.0 Å². The minimum absolute atomic E-state index is 0.00577. The number of hydrogen-bond acceptors (Lipinski definition) is 5. The Labute approximate surface area is 106 Å². The van der Waals surface area contributed by atoms with E-state index in [2.05, 4.69) is 5.32 Å². The summed E-state index contributed by atoms with van der Waals surface area (Å²) in [7, 11) is -3.77. The van der Waals surface area contributed by atoms with Gasteiger partial charge in [-0.05, 0) is 12.1 Å². The SMILES string of the molecule is NS(=O)(=O)c1ccccc1OCC1CNCCO1. The molecule has 2 rings (SSSR count). The van der Waals surface area contributed by atoms with Gasteiger partial charge in [-0.3, -0.25) is 0 Å². The molecule has 0 aliphatic carbocycles. The van der Waals surface area contributed by atoms with Crippen LogP contribution in [0.3, 0.4) is 0 Å². The zero-order chi connectivity index (χ0) is 13.0. The predicted octanol–water partition coefficient (Wildman–Crippen LogP) is -0.299. The van der Waals surface area contributed by atoms with Gasteiger partial charge >= 0.3 is 0 Å². The first-order valence-electron chi connectivity index (χ1n) is 5.64. The molecular weight excluding hydrogens is 256 g/mol. The van der Waals surface area contributed by atoms with Crippen LogP contribution >= 0.6 is 0 Å². The summed E-state index contributed by atoms with van der Waals surface area (Å²) in [5, 5.41) is 8.28. The highest BCUT2D eigenvalue weighted by Crippen LogP contribution is 2.22. The van der Waals surface area contributed by atoms with Crippen molar-refractivity contribution in [3.05, 3.63) is 24.3 Å². The van der Waals surface area contributed by atoms with E-state index < -0.39 is 10.0 Å². The van der Waals surface area contributed by atoms with Crippen molar-refractivity contribution in [1.29, 1.82) is 0 Å². The molecule has 3 N–H and O–H groups in total. The predicted molar refractivity (Wildman–Crippen MR) is 65.9 cm³/mol. The van der Waals surface area contributed by atoms with Crippen molar-refractivity contribution in [2.75, 3.05) is 26.3 Å². The van der Waals surface area contributed by atoms with Crippen molar-refractivity contribution in [2.45, 2.75) is 11.0 Å². The smallest absolute Gasteiger partial charge is 0.241 e. The quantitative estimate of drug-likeness (QED) is 0.785. The first-order valence-corrected chi connectivity index (χ1v) is 7.19. The lowest BCUT2D eigenvalue weighted by molar-refractivity contribution is -0.000401. The number of ether oxygens (including phenoxy) is 2. The molecule has 100 valence electrons. The molecule has 1 aliphatic heterocycles. The third kappa shape index (κ3) is 3.42. The lowest BCUT2D eigenvalue weighted by Gasteiger charge is -2.23. The fourth-order valence-corrected chi connectivity index (χ4v) is 2.39. The molecule has 0 bridgehead atoms. The van der Waals surface area contributed by atoms with Gasteiger partial charge in [0.25, 0.3) is 0 Å². The Morgan fingerprint density at radius 1 is 1.44 bits per heavy atom. The third-order valence-electron chi connectivity index (χ3n) is 2.58. The van der Waals surface area contributed by atoms with Crippen LogP contribution < -0.4 is 15.2 Å². The van der Waals surface area contributed by atoms with Crippen LogP contribution in [0, 0.1) is 0 Å². The second-order valence-electron chi connectivity index (χ2n) is 4.00. The lowest BCUT2D eigenvalue weighted by Crippen LogP contribution is -2.41. The summed E-state index contributed by atoms with van der Waals surface area (Å²) in [6.45, 7) is 2.44. The summed E-state index contributed by atoms with van der Waals surface area (Å²) >= 11 is 0. The van der Waals surface area contributed by atoms with E-state index in [0.29, 0.717) is 19.8 Å². The molecule has 1 saturated heterocycles. The number of para-hydroxylation sites is 1. The third-order valence-corrected chi connectivity index (χ3v) is 3.54. The van der Waals surface area contributed by atoms with Gasteiger partial charge in [-0.15, -0.1) is 0 Å². The van der Waals surface area contributed by atoms with Crippen LogP contribution in [0.1, 0.15) is 0 Å². The molecule has 0 spiro atoms. The normalized spacial score (nSPS) is 20.6. The Kier molecular flexibility index (Phi) is 4.18. The molecule has 18 heavy (non-hydrogen) atoms. The first-order chi connectivity index (χ1) is 8.57. The summed E-state index contributed by atoms with van der Waals surface area (Å²) in [6, 6.07) is 6.30. The topological polar surface area (TPSA) is 90.7 Å². The van der Waals surface area contributed by atoms with E-state index >= 15 is 0 Å². The van der Waals surface area contributed by atoms with Gasteiger partial charge in [0, 0.05) is 13.1 Å². The summed E-state index contributed by atoms with van der Waals surface area (Å²) in [4.78, 5) is -0.00577. The molecule has 1 unspecified atom stereocenters. The van der Waals surface area contributed by atoms with Crippen LogP contribution in [0.4, 0.5) is 0 Å². The van der Waals surface area contributed by atoms with E-state index in [9.17, 15) is 8.42 Å². The fraction of sp³-hybridized carbons (Fsp3) is 0.455. The highest BCUT2D eigenvalue weighted by Gasteiger charge is 2.18. The lowest BCUT2D eigenvalue weighted by atomic mass is 10.3. The summed E-state index contributed by atoms with van der Waals surface area (Å²) in [6.07, 6.45) is -0.0766. The van der Waals surface area contributed by atoms with E-state index in [1.807, 2.05) is 0 Å². The van der Waals surface area contributed by atoms with E-state index in [1.54, 1.807) is 18.2 Å². The van der Waals surface area contributed by atoms with Gasteiger partial charge in [-0.1, -0.05) is 12.1 Å². The van der Waals surface area contributed by atoms with Crippen LogP contribution in [0.2, 0.25) is 0 Å². The van der Waals surface area contributed by atoms with E-state index in [-0.39, 0.29) is 16.7 Å². The zero-order valence-corrected chi connectivity index (χ0v) is 10.7. The highest BCUT2D eigenvalue weighted by atomic mass is 32.2. The van der Waals surface area contributed by atoms with Gasteiger partial charge in [-0.25, -0.2) is 13.6 Å². The number of nitrogens with two attached hydrogens (primary N) is 1. The van der Waals surface area contributed by atoms with Crippen molar-refractivity contribution in [2.24, 2.45) is 5.14 Å². The van der Waals surface area contributed by atoms with Crippen molar-refractivity contribution in [3.8, 4) is 5.75 Å². The molecule has 0 amide bonds. The number of sulfonamides is 1. The number of nitrogens with one attached hydrogen (secondary N) is 1. The van der Waals surface area contributed by atoms with Crippen LogP contribution in [0.25, 0.3) is 0 Å². The van der Waals surface area contributed by atoms with Crippen LogP contribution in [-0.2, 0) is 14.8 Å². The van der Waals surface area contributed by atoms with Gasteiger partial charge in [-0.2, -0.15) is 0 Å². The first kappa shape index (κ1) is 13.3. The number of rotatable bonds is 4. The van der Waals surface area contributed by atoms with Crippen molar-refractivity contribution in [1.82, 2.24) is 5.32 Å². The molecular formula is C11H16N2O4S. The van der Waals surface area contributed by atoms with Crippen LogP contribution in [0.15, 0.2) is 29.2 Å². The Balaban J connectivity index is 2.05. The monoisotopic (exact) mass is 272 g/mol. The van der Waals surface area contributed by atoms with Crippen molar-refractivity contribution >= 4 is 10.0 Å². The average Bonchev–Trinajstić information content (AvgIpc) is 2.37. The second kappa shape index (κ2) is 5.66. The molecule has 6 nitrogen and oxygen atoms in total. The molecule has 0 aromatic heterocycles. The maximum atomic E-state index is 11.4. The van der Waals surface area contributed by atoms with E-state index in [1.165, 1.54) is 6.07 Å². The molecule has 1 heterocycles. The van der Waals surface area contributed by atoms with Crippen LogP contribution in [0.5, 0.6) is 5.75 Å². The second-order valence-corrected chi connectivity index (χ2v) is 5.53. The van der Waals surface area contributed by atoms with Crippen molar-refractivity contribution < 1.29 is 17.9 Å². The molecule has 0 saturated carbocycles. The highest BCUT2D eigenvalue weighted by molar-refractivity contribution is 7.89. The Bertz CT molecular complexity index is 498. The number of primary sulfonamides is 1. The molecule has 1 aromatic rings. The molecule has 1 fully saturated rings. The van der Waals surface area contributed by atoms with Gasteiger partial charge in [0.05, 0.1) is 6.61 Å². The largest absolute Gasteiger partial charge is 0.489 e. The van der Waals surface area contributed by atoms with Gasteiger partial charge < -0.3 is 14.8 Å². The molecule has 0 radical (unpaired) electrons. The number of morpholine rings is 1. The fourth-order valence-electron chi connectivity index (χ4n) is 1.71. The average molecular weight is 272 g/mol.